The van der Waals surface area contributed by atoms with E-state index >= 15 is 0 Å². The van der Waals surface area contributed by atoms with Gasteiger partial charge in [-0.2, -0.15) is 0 Å². The van der Waals surface area contributed by atoms with Crippen molar-refractivity contribution >= 4 is 45.7 Å². The molecule has 0 bridgehead atoms. The summed E-state index contributed by atoms with van der Waals surface area (Å²) in [4.78, 5) is 37.2. The van der Waals surface area contributed by atoms with Crippen LogP contribution in [0.1, 0.15) is 5.56 Å². The molecular weight excluding hydrogens is 546 g/mol. The number of anilines is 1. The van der Waals surface area contributed by atoms with Crippen LogP contribution < -0.4 is 75.1 Å². The molecule has 37 heavy (non-hydrogen) atoms. The van der Waals surface area contributed by atoms with Crippen molar-refractivity contribution in [2.75, 3.05) is 5.01 Å². The summed E-state index contributed by atoms with van der Waals surface area (Å²) in [7, 11) is 0. The minimum atomic E-state index is -2.44. The smallest absolute Gasteiger partial charge is 0.768 e. The van der Waals surface area contributed by atoms with Gasteiger partial charge in [0.2, 0.25) is 5.88 Å². The van der Waals surface area contributed by atoms with E-state index in [9.17, 15) is 37.0 Å². The van der Waals surface area contributed by atoms with Gasteiger partial charge in [-0.25, -0.2) is 9.69 Å². The monoisotopic (exact) mass is 560 g/mol. The molecule has 4 rings (SSSR count). The van der Waals surface area contributed by atoms with Crippen LogP contribution in [0, 0.1) is 0 Å². The molecule has 0 saturated carbocycles. The molecule has 1 saturated heterocycles. The SMILES string of the molecule is O=C1NN(c2ccc(S(=O)[O-])cc2)C(=O)/C1=C\C=Cc1c(O)n(-c2ccc(S(=O)[O-])cc2)[nH]c1=O.[Na+].[Na+]. The van der Waals surface area contributed by atoms with E-state index in [2.05, 4.69) is 10.5 Å². The van der Waals surface area contributed by atoms with Crippen molar-refractivity contribution in [3.05, 3.63) is 82.2 Å². The van der Waals surface area contributed by atoms with Crippen molar-refractivity contribution in [3.63, 3.8) is 0 Å². The number of rotatable bonds is 6. The minimum Gasteiger partial charge on any atom is -0.768 e. The maximum atomic E-state index is 12.6. The second-order valence-electron chi connectivity index (χ2n) is 6.99. The molecule has 12 nitrogen and oxygen atoms in total. The number of carbonyl (C=O) groups excluding carboxylic acids is 2. The second kappa shape index (κ2) is 13.1. The van der Waals surface area contributed by atoms with Crippen molar-refractivity contribution in [1.29, 1.82) is 0 Å². The molecule has 2 aromatic carbocycles. The number of aromatic nitrogens is 2. The Balaban J connectivity index is 0.00000241. The van der Waals surface area contributed by atoms with Crippen molar-refractivity contribution in [2.24, 2.45) is 0 Å². The van der Waals surface area contributed by atoms with Crippen LogP contribution in [0.15, 0.2) is 80.8 Å². The van der Waals surface area contributed by atoms with Gasteiger partial charge in [0.15, 0.2) is 0 Å². The molecule has 16 heteroatoms. The number of aromatic hydroxyl groups is 1. The summed E-state index contributed by atoms with van der Waals surface area (Å²) < 4.78 is 44.9. The van der Waals surface area contributed by atoms with Gasteiger partial charge in [0, 0.05) is 9.79 Å². The Morgan fingerprint density at radius 1 is 0.838 bits per heavy atom. The average Bonchev–Trinajstić information content (AvgIpc) is 3.28. The first-order valence-electron chi connectivity index (χ1n) is 9.64. The summed E-state index contributed by atoms with van der Waals surface area (Å²) in [5.74, 6) is -1.90. The number of amides is 2. The van der Waals surface area contributed by atoms with Crippen LogP contribution in [-0.2, 0) is 31.7 Å². The zero-order valence-corrected chi connectivity index (χ0v) is 25.0. The summed E-state index contributed by atoms with van der Waals surface area (Å²) in [5.41, 5.74) is 1.79. The van der Waals surface area contributed by atoms with E-state index in [1.54, 1.807) is 0 Å². The van der Waals surface area contributed by atoms with Crippen molar-refractivity contribution in [3.8, 4) is 11.6 Å². The van der Waals surface area contributed by atoms with Gasteiger partial charge in [-0.05, 0) is 82.8 Å². The molecule has 2 atom stereocenters. The number of allylic oxidation sites excluding steroid dienone is 2. The molecule has 2 unspecified atom stereocenters. The van der Waals surface area contributed by atoms with Crippen LogP contribution in [0.4, 0.5) is 5.69 Å². The minimum absolute atomic E-state index is 0. The predicted molar refractivity (Wildman–Crippen MR) is 122 cm³/mol. The van der Waals surface area contributed by atoms with E-state index in [1.807, 2.05) is 0 Å². The molecule has 0 radical (unpaired) electrons. The Bertz CT molecular complexity index is 1500. The number of nitrogens with one attached hydrogen (secondary N) is 2. The van der Waals surface area contributed by atoms with Crippen molar-refractivity contribution < 1.29 is 91.3 Å². The summed E-state index contributed by atoms with van der Waals surface area (Å²) in [6.45, 7) is 0. The molecule has 3 N–H and O–H groups in total. The number of H-pyrrole nitrogens is 1. The van der Waals surface area contributed by atoms with Gasteiger partial charge in [0.05, 0.1) is 11.4 Å². The Hall–Kier alpha value is -2.11. The molecule has 1 aliphatic rings. The second-order valence-corrected chi connectivity index (χ2v) is 8.87. The standard InChI is InChI=1S/C21H16N4O8S2.2Na/c26-18-16(20(28)24(22-18)12-4-8-14(9-5-12)34(30)31)2-1-3-17-19(27)23-25(21(17)29)13-6-10-15(11-7-13)35(32)33;;/h1-11,28H,(H,22,26)(H,23,27)(H,30,31)(H,32,33);;/q;2*+1/p-2/b2-1?,17-3-;;. The van der Waals surface area contributed by atoms with E-state index < -0.39 is 45.4 Å². The van der Waals surface area contributed by atoms with Gasteiger partial charge in [-0.1, -0.05) is 6.08 Å². The number of hydrogen-bond donors (Lipinski definition) is 3. The number of nitrogens with zero attached hydrogens (tertiary/aromatic N) is 2. The zero-order chi connectivity index (χ0) is 25.3. The first-order chi connectivity index (χ1) is 16.7. The van der Waals surface area contributed by atoms with Crippen molar-refractivity contribution in [2.45, 2.75) is 9.79 Å². The predicted octanol–water partition coefficient (Wildman–Crippen LogP) is -5.63. The molecular formula is C21H14N4Na2O8S2. The van der Waals surface area contributed by atoms with Gasteiger partial charge in [-0.15, -0.1) is 0 Å². The van der Waals surface area contributed by atoms with Gasteiger partial charge in [0.25, 0.3) is 17.4 Å². The van der Waals surface area contributed by atoms with Crippen LogP contribution >= 0.6 is 0 Å². The fourth-order valence-corrected chi connectivity index (χ4v) is 3.90. The molecule has 2 heterocycles. The van der Waals surface area contributed by atoms with E-state index in [-0.39, 0.29) is 85.7 Å². The normalized spacial score (nSPS) is 15.8. The first kappa shape index (κ1) is 31.1. The topological polar surface area (TPSA) is 188 Å². The third kappa shape index (κ3) is 6.67. The van der Waals surface area contributed by atoms with Gasteiger partial charge in [0.1, 0.15) is 11.1 Å². The third-order valence-electron chi connectivity index (χ3n) is 4.90. The summed E-state index contributed by atoms with van der Waals surface area (Å²) >= 11 is -4.87. The number of benzene rings is 2. The van der Waals surface area contributed by atoms with Crippen molar-refractivity contribution in [1.82, 2.24) is 15.2 Å². The molecule has 3 aromatic rings. The summed E-state index contributed by atoms with van der Waals surface area (Å²) in [6, 6.07) is 10.6. The Morgan fingerprint density at radius 2 is 1.35 bits per heavy atom. The Kier molecular flexibility index (Phi) is 11.0. The van der Waals surface area contributed by atoms with Gasteiger partial charge in [-0.3, -0.25) is 33.3 Å². The molecule has 0 spiro atoms. The number of carbonyl (C=O) groups is 2. The van der Waals surface area contributed by atoms with Gasteiger partial charge < -0.3 is 14.2 Å². The molecule has 1 aromatic heterocycles. The Labute approximate surface area is 258 Å². The Morgan fingerprint density at radius 3 is 1.86 bits per heavy atom. The zero-order valence-electron chi connectivity index (χ0n) is 19.4. The molecule has 1 fully saturated rings. The fourth-order valence-electron chi connectivity index (χ4n) is 3.19. The largest absolute Gasteiger partial charge is 1.00 e. The van der Waals surface area contributed by atoms with Crippen LogP contribution in [0.2, 0.25) is 0 Å². The van der Waals surface area contributed by atoms with E-state index in [0.717, 1.165) is 15.8 Å². The molecule has 180 valence electrons. The molecule has 0 aliphatic carbocycles. The van der Waals surface area contributed by atoms with E-state index in [4.69, 9.17) is 0 Å². The quantitative estimate of drug-likeness (QED) is 0.115. The van der Waals surface area contributed by atoms with E-state index in [0.29, 0.717) is 5.69 Å². The number of hydrogen-bond acceptors (Lipinski definition) is 8. The average molecular weight is 560 g/mol. The third-order valence-corrected chi connectivity index (χ3v) is 6.22. The van der Waals surface area contributed by atoms with Crippen LogP contribution in [0.25, 0.3) is 11.8 Å². The summed E-state index contributed by atoms with van der Waals surface area (Å²) in [5, 5.41) is 13.8. The fraction of sp³-hybridized carbons (Fsp3) is 0. The number of hydrazine groups is 1. The molecule has 1 aliphatic heterocycles. The number of aromatic amines is 1. The van der Waals surface area contributed by atoms with Crippen LogP contribution in [0.3, 0.4) is 0 Å². The molecule has 2 amide bonds. The van der Waals surface area contributed by atoms with Crippen LogP contribution in [-0.4, -0.2) is 44.2 Å². The van der Waals surface area contributed by atoms with E-state index in [1.165, 1.54) is 60.7 Å². The summed E-state index contributed by atoms with van der Waals surface area (Å²) in [6.07, 6.45) is 3.59. The first-order valence-corrected chi connectivity index (χ1v) is 11.8. The maximum absolute atomic E-state index is 12.6. The van der Waals surface area contributed by atoms with Crippen LogP contribution in [0.5, 0.6) is 5.88 Å². The van der Waals surface area contributed by atoms with Gasteiger partial charge >= 0.3 is 59.1 Å². The maximum Gasteiger partial charge on any atom is 1.00 e.